The number of para-hydroxylation sites is 1. The van der Waals surface area contributed by atoms with Gasteiger partial charge >= 0.3 is 0 Å². The molecular formula is C18H17Cl2N3O2. The van der Waals surface area contributed by atoms with Crippen LogP contribution >= 0.6 is 23.2 Å². The van der Waals surface area contributed by atoms with Gasteiger partial charge in [0.15, 0.2) is 0 Å². The minimum atomic E-state index is 0.376. The zero-order valence-corrected chi connectivity index (χ0v) is 15.4. The summed E-state index contributed by atoms with van der Waals surface area (Å²) in [5.41, 5.74) is 1.40. The summed E-state index contributed by atoms with van der Waals surface area (Å²) >= 11 is 12.1. The topological polar surface area (TPSA) is 51.4 Å². The zero-order chi connectivity index (χ0) is 17.8. The zero-order valence-electron chi connectivity index (χ0n) is 13.9. The lowest BCUT2D eigenvalue weighted by atomic mass is 10.2. The van der Waals surface area contributed by atoms with Crippen LogP contribution in [0.1, 0.15) is 0 Å². The number of aromatic nitrogens is 2. The Kier molecular flexibility index (Phi) is 5.58. The van der Waals surface area contributed by atoms with Gasteiger partial charge in [0.05, 0.1) is 10.6 Å². The highest BCUT2D eigenvalue weighted by Gasteiger charge is 2.16. The maximum Gasteiger partial charge on any atom is 0.262 e. The highest BCUT2D eigenvalue weighted by atomic mass is 35.5. The molecule has 0 spiro atoms. The molecule has 0 aliphatic carbocycles. The van der Waals surface area contributed by atoms with E-state index in [-0.39, 0.29) is 0 Å². The third-order valence-corrected chi connectivity index (χ3v) is 4.06. The van der Waals surface area contributed by atoms with Gasteiger partial charge in [-0.25, -0.2) is 0 Å². The van der Waals surface area contributed by atoms with E-state index in [1.165, 1.54) is 0 Å². The van der Waals surface area contributed by atoms with Crippen molar-refractivity contribution in [1.29, 1.82) is 0 Å². The number of rotatable bonds is 6. The Balaban J connectivity index is 1.87. The van der Waals surface area contributed by atoms with Gasteiger partial charge in [-0.1, -0.05) is 40.5 Å². The van der Waals surface area contributed by atoms with E-state index < -0.39 is 0 Å². The molecule has 7 heteroatoms. The van der Waals surface area contributed by atoms with Gasteiger partial charge in [0.25, 0.3) is 5.89 Å². The van der Waals surface area contributed by atoms with Crippen LogP contribution in [0.25, 0.3) is 22.8 Å². The minimum absolute atomic E-state index is 0.376. The van der Waals surface area contributed by atoms with E-state index in [0.29, 0.717) is 39.7 Å². The lowest BCUT2D eigenvalue weighted by Gasteiger charge is -2.12. The van der Waals surface area contributed by atoms with Crippen LogP contribution in [0.4, 0.5) is 0 Å². The first-order valence-electron chi connectivity index (χ1n) is 7.70. The molecule has 0 radical (unpaired) electrons. The summed E-state index contributed by atoms with van der Waals surface area (Å²) in [6.45, 7) is 1.37. The first kappa shape index (κ1) is 17.7. The summed E-state index contributed by atoms with van der Waals surface area (Å²) in [6.07, 6.45) is 0. The average Bonchev–Trinajstić information content (AvgIpc) is 3.04. The third kappa shape index (κ3) is 4.31. The Labute approximate surface area is 156 Å². The van der Waals surface area contributed by atoms with E-state index in [0.717, 1.165) is 12.1 Å². The summed E-state index contributed by atoms with van der Waals surface area (Å²) in [7, 11) is 3.99. The molecule has 5 nitrogen and oxygen atoms in total. The molecule has 0 fully saturated rings. The molecule has 0 unspecified atom stereocenters. The van der Waals surface area contributed by atoms with Gasteiger partial charge in [-0.3, -0.25) is 0 Å². The molecule has 0 aliphatic rings. The smallest absolute Gasteiger partial charge is 0.262 e. The van der Waals surface area contributed by atoms with Crippen LogP contribution in [0.5, 0.6) is 5.75 Å². The van der Waals surface area contributed by atoms with Crippen LogP contribution in [0, 0.1) is 0 Å². The van der Waals surface area contributed by atoms with Gasteiger partial charge in [0.2, 0.25) is 5.82 Å². The second-order valence-electron chi connectivity index (χ2n) is 5.70. The Morgan fingerprint density at radius 1 is 1.08 bits per heavy atom. The fourth-order valence-corrected chi connectivity index (χ4v) is 2.71. The molecule has 25 heavy (non-hydrogen) atoms. The quantitative estimate of drug-likeness (QED) is 0.625. The van der Waals surface area contributed by atoms with Gasteiger partial charge in [-0.15, -0.1) is 0 Å². The van der Waals surface area contributed by atoms with Crippen molar-refractivity contribution in [1.82, 2.24) is 15.0 Å². The van der Waals surface area contributed by atoms with E-state index >= 15 is 0 Å². The standard InChI is InChI=1S/C18H17Cl2N3O2/c1-23(2)9-10-24-16-6-4-3-5-14(16)18-21-17(22-25-18)13-8-7-12(19)11-15(13)20/h3-8,11H,9-10H2,1-2H3. The van der Waals surface area contributed by atoms with Gasteiger partial charge in [-0.2, -0.15) is 4.98 Å². The van der Waals surface area contributed by atoms with Crippen molar-refractivity contribution in [3.8, 4) is 28.6 Å². The van der Waals surface area contributed by atoms with Crippen molar-refractivity contribution in [2.24, 2.45) is 0 Å². The maximum atomic E-state index is 6.21. The van der Waals surface area contributed by atoms with Crippen molar-refractivity contribution >= 4 is 23.2 Å². The Bertz CT molecular complexity index is 865. The number of hydrogen-bond acceptors (Lipinski definition) is 5. The lowest BCUT2D eigenvalue weighted by molar-refractivity contribution is 0.261. The Hall–Kier alpha value is -2.08. The molecule has 0 saturated carbocycles. The van der Waals surface area contributed by atoms with Crippen molar-refractivity contribution in [2.75, 3.05) is 27.2 Å². The predicted molar refractivity (Wildman–Crippen MR) is 99.2 cm³/mol. The fraction of sp³-hybridized carbons (Fsp3) is 0.222. The lowest BCUT2D eigenvalue weighted by Crippen LogP contribution is -2.19. The van der Waals surface area contributed by atoms with Crippen LogP contribution < -0.4 is 4.74 Å². The van der Waals surface area contributed by atoms with E-state index in [1.807, 2.05) is 38.4 Å². The molecule has 3 aromatic rings. The van der Waals surface area contributed by atoms with Gasteiger partial charge in [0.1, 0.15) is 12.4 Å². The van der Waals surface area contributed by atoms with Gasteiger partial charge in [-0.05, 0) is 44.4 Å². The molecule has 0 amide bonds. The molecule has 0 N–H and O–H groups in total. The van der Waals surface area contributed by atoms with Gasteiger partial charge < -0.3 is 14.2 Å². The highest BCUT2D eigenvalue weighted by Crippen LogP contribution is 2.33. The number of halogens is 2. The second kappa shape index (κ2) is 7.87. The summed E-state index contributed by atoms with van der Waals surface area (Å²) in [4.78, 5) is 6.50. The maximum absolute atomic E-state index is 6.21. The Morgan fingerprint density at radius 3 is 2.64 bits per heavy atom. The van der Waals surface area contributed by atoms with Crippen LogP contribution in [0.3, 0.4) is 0 Å². The predicted octanol–water partition coefficient (Wildman–Crippen LogP) is 4.65. The molecule has 1 heterocycles. The molecule has 0 atom stereocenters. The first-order chi connectivity index (χ1) is 12.0. The molecule has 130 valence electrons. The SMILES string of the molecule is CN(C)CCOc1ccccc1-c1nc(-c2ccc(Cl)cc2Cl)no1. The van der Waals surface area contributed by atoms with E-state index in [9.17, 15) is 0 Å². The Morgan fingerprint density at radius 2 is 1.88 bits per heavy atom. The normalized spacial score (nSPS) is 11.1. The molecule has 0 bridgehead atoms. The van der Waals surface area contributed by atoms with Crippen LogP contribution in [-0.4, -0.2) is 42.3 Å². The third-order valence-electron chi connectivity index (χ3n) is 3.51. The number of nitrogens with zero attached hydrogens (tertiary/aromatic N) is 3. The molecule has 2 aromatic carbocycles. The number of hydrogen-bond donors (Lipinski definition) is 0. The molecule has 3 rings (SSSR count). The van der Waals surface area contributed by atoms with E-state index in [4.69, 9.17) is 32.5 Å². The summed E-state index contributed by atoms with van der Waals surface area (Å²) < 4.78 is 11.3. The van der Waals surface area contributed by atoms with E-state index in [1.54, 1.807) is 18.2 Å². The molecular weight excluding hydrogens is 361 g/mol. The fourth-order valence-electron chi connectivity index (χ4n) is 2.22. The van der Waals surface area contributed by atoms with Crippen molar-refractivity contribution in [3.05, 3.63) is 52.5 Å². The number of benzene rings is 2. The molecule has 0 saturated heterocycles. The van der Waals surface area contributed by atoms with E-state index in [2.05, 4.69) is 15.0 Å². The van der Waals surface area contributed by atoms with Gasteiger partial charge in [0, 0.05) is 17.1 Å². The van der Waals surface area contributed by atoms with Crippen LogP contribution in [0.2, 0.25) is 10.0 Å². The van der Waals surface area contributed by atoms with Crippen molar-refractivity contribution < 1.29 is 9.26 Å². The van der Waals surface area contributed by atoms with Crippen LogP contribution in [0.15, 0.2) is 47.0 Å². The van der Waals surface area contributed by atoms with Crippen LogP contribution in [-0.2, 0) is 0 Å². The first-order valence-corrected chi connectivity index (χ1v) is 8.46. The largest absolute Gasteiger partial charge is 0.491 e. The van der Waals surface area contributed by atoms with Crippen molar-refractivity contribution in [3.63, 3.8) is 0 Å². The number of likely N-dealkylation sites (N-methyl/N-ethyl adjacent to an activating group) is 1. The average molecular weight is 378 g/mol. The molecule has 0 aliphatic heterocycles. The minimum Gasteiger partial charge on any atom is -0.491 e. The number of ether oxygens (including phenoxy) is 1. The van der Waals surface area contributed by atoms with Crippen molar-refractivity contribution in [2.45, 2.75) is 0 Å². The summed E-state index contributed by atoms with van der Waals surface area (Å²) in [5.74, 6) is 1.47. The monoisotopic (exact) mass is 377 g/mol. The second-order valence-corrected chi connectivity index (χ2v) is 6.54. The summed E-state index contributed by atoms with van der Waals surface area (Å²) in [5, 5.41) is 5.05. The molecule has 1 aromatic heterocycles. The summed E-state index contributed by atoms with van der Waals surface area (Å²) in [6, 6.07) is 12.7. The highest BCUT2D eigenvalue weighted by molar-refractivity contribution is 6.36.